The summed E-state index contributed by atoms with van der Waals surface area (Å²) >= 11 is 0. The van der Waals surface area contributed by atoms with Crippen molar-refractivity contribution < 1.29 is 19.1 Å². The molecule has 0 atom stereocenters. The molecule has 7 nitrogen and oxygen atoms in total. The third kappa shape index (κ3) is 4.97. The first kappa shape index (κ1) is 19.6. The molecule has 0 spiro atoms. The molecule has 1 N–H and O–H groups in total. The summed E-state index contributed by atoms with van der Waals surface area (Å²) in [5.41, 5.74) is 4.63. The summed E-state index contributed by atoms with van der Waals surface area (Å²) in [7, 11) is 0. The second-order valence-electron chi connectivity index (χ2n) is 7.41. The lowest BCUT2D eigenvalue weighted by atomic mass is 9.92. The van der Waals surface area contributed by atoms with Gasteiger partial charge in [0.2, 0.25) is 0 Å². The minimum Gasteiger partial charge on any atom is -0.456 e. The molecular formula is C20H29N3O4. The summed E-state index contributed by atoms with van der Waals surface area (Å²) in [4.78, 5) is 41.6. The van der Waals surface area contributed by atoms with Gasteiger partial charge in [-0.25, -0.2) is 0 Å². The minimum atomic E-state index is -0.427. The van der Waals surface area contributed by atoms with Crippen molar-refractivity contribution >= 4 is 18.2 Å². The molecule has 0 aromatic carbocycles. The molecule has 1 fully saturated rings. The molecule has 1 aliphatic heterocycles. The number of H-pyrrole nitrogens is 1. The number of carbonyl (C=O) groups is 3. The molecule has 0 unspecified atom stereocenters. The van der Waals surface area contributed by atoms with Gasteiger partial charge in [0.1, 0.15) is 0 Å². The lowest BCUT2D eigenvalue weighted by molar-refractivity contribution is -0.151. The fourth-order valence-electron chi connectivity index (χ4n) is 4.12. The Labute approximate surface area is 160 Å². The number of aromatic nitrogens is 1. The molecule has 1 aromatic rings. The van der Waals surface area contributed by atoms with Crippen LogP contribution in [0.1, 0.15) is 53.5 Å². The fourth-order valence-corrected chi connectivity index (χ4v) is 4.12. The largest absolute Gasteiger partial charge is 0.456 e. The predicted octanol–water partition coefficient (Wildman–Crippen LogP) is 1.35. The van der Waals surface area contributed by atoms with E-state index in [0.29, 0.717) is 13.1 Å². The number of amides is 1. The van der Waals surface area contributed by atoms with Crippen LogP contribution in [0.25, 0.3) is 0 Å². The van der Waals surface area contributed by atoms with Crippen molar-refractivity contribution in [1.82, 2.24) is 14.8 Å². The van der Waals surface area contributed by atoms with E-state index in [1.165, 1.54) is 36.6 Å². The Hall–Kier alpha value is -2.15. The average molecular weight is 375 g/mol. The molecule has 1 saturated heterocycles. The van der Waals surface area contributed by atoms with Crippen molar-refractivity contribution in [2.24, 2.45) is 0 Å². The molecule has 3 rings (SSSR count). The van der Waals surface area contributed by atoms with E-state index in [-0.39, 0.29) is 12.5 Å². The maximum absolute atomic E-state index is 12.0. The molecule has 1 amide bonds. The van der Waals surface area contributed by atoms with Crippen LogP contribution < -0.4 is 0 Å². The van der Waals surface area contributed by atoms with Crippen LogP contribution in [0.15, 0.2) is 0 Å². The van der Waals surface area contributed by atoms with Crippen LogP contribution >= 0.6 is 0 Å². The zero-order valence-corrected chi connectivity index (χ0v) is 16.1. The summed E-state index contributed by atoms with van der Waals surface area (Å²) in [6, 6.07) is 0. The topological polar surface area (TPSA) is 82.7 Å². The smallest absolute Gasteiger partial charge is 0.303 e. The van der Waals surface area contributed by atoms with E-state index in [0.717, 1.165) is 57.3 Å². The normalized spacial score (nSPS) is 17.4. The molecule has 2 heterocycles. The number of carbonyl (C=O) groups excluding carboxylic acids is 3. The summed E-state index contributed by atoms with van der Waals surface area (Å²) in [5, 5.41) is 0. The van der Waals surface area contributed by atoms with E-state index in [2.05, 4.69) is 9.88 Å². The number of nitrogens with one attached hydrogen (secondary N) is 1. The molecule has 1 aromatic heterocycles. The molecule has 7 heteroatoms. The number of aryl methyl sites for hydroxylation is 1. The van der Waals surface area contributed by atoms with Gasteiger partial charge in [0.15, 0.2) is 12.9 Å². The van der Waals surface area contributed by atoms with Gasteiger partial charge in [0.05, 0.1) is 5.69 Å². The van der Waals surface area contributed by atoms with E-state index in [4.69, 9.17) is 4.74 Å². The number of nitrogens with zero attached hydrogens (tertiary/aromatic N) is 2. The van der Waals surface area contributed by atoms with E-state index in [1.807, 2.05) is 0 Å². The Morgan fingerprint density at radius 2 is 1.89 bits per heavy atom. The standard InChI is InChI=1S/C20H29N3O4/c1-15(25)27-14-20(26)23-11-9-22(10-12-23)8-4-6-17-16-5-2-3-7-18(16)21-19(17)13-24/h13,21H,2-12,14H2,1H3. The Morgan fingerprint density at radius 1 is 1.15 bits per heavy atom. The number of esters is 1. The van der Waals surface area contributed by atoms with Gasteiger partial charge in [-0.05, 0) is 56.2 Å². The highest BCUT2D eigenvalue weighted by atomic mass is 16.5. The van der Waals surface area contributed by atoms with Crippen molar-refractivity contribution in [3.05, 3.63) is 22.5 Å². The van der Waals surface area contributed by atoms with Gasteiger partial charge in [0.25, 0.3) is 5.91 Å². The first-order valence-corrected chi connectivity index (χ1v) is 9.89. The van der Waals surface area contributed by atoms with Gasteiger partial charge in [-0.1, -0.05) is 0 Å². The summed E-state index contributed by atoms with van der Waals surface area (Å²) in [6.07, 6.45) is 7.43. The molecule has 0 bridgehead atoms. The first-order valence-electron chi connectivity index (χ1n) is 9.89. The van der Waals surface area contributed by atoms with Gasteiger partial charge in [-0.2, -0.15) is 0 Å². The first-order chi connectivity index (χ1) is 13.1. The number of hydrogen-bond donors (Lipinski definition) is 1. The van der Waals surface area contributed by atoms with Crippen LogP contribution in [0, 0.1) is 0 Å². The summed E-state index contributed by atoms with van der Waals surface area (Å²) in [5.74, 6) is -0.553. The van der Waals surface area contributed by atoms with Gasteiger partial charge >= 0.3 is 5.97 Å². The van der Waals surface area contributed by atoms with E-state index in [1.54, 1.807) is 4.90 Å². The van der Waals surface area contributed by atoms with E-state index < -0.39 is 5.97 Å². The Bertz CT molecular complexity index is 690. The number of fused-ring (bicyclic) bond motifs is 1. The van der Waals surface area contributed by atoms with E-state index >= 15 is 0 Å². The molecule has 2 aliphatic rings. The Balaban J connectivity index is 1.43. The van der Waals surface area contributed by atoms with Crippen LogP contribution in [-0.4, -0.2) is 72.3 Å². The quantitative estimate of drug-likeness (QED) is 0.575. The second-order valence-corrected chi connectivity index (χ2v) is 7.41. The van der Waals surface area contributed by atoms with Crippen LogP contribution in [0.3, 0.4) is 0 Å². The number of rotatable bonds is 7. The third-order valence-corrected chi connectivity index (χ3v) is 5.59. The maximum atomic E-state index is 12.0. The maximum Gasteiger partial charge on any atom is 0.303 e. The van der Waals surface area contributed by atoms with Gasteiger partial charge in [-0.15, -0.1) is 0 Å². The highest BCUT2D eigenvalue weighted by Gasteiger charge is 2.22. The molecule has 148 valence electrons. The highest BCUT2D eigenvalue weighted by Crippen LogP contribution is 2.27. The van der Waals surface area contributed by atoms with Crippen molar-refractivity contribution in [2.45, 2.75) is 45.4 Å². The lowest BCUT2D eigenvalue weighted by Crippen LogP contribution is -2.49. The molecule has 1 aliphatic carbocycles. The van der Waals surface area contributed by atoms with E-state index in [9.17, 15) is 14.4 Å². The SMILES string of the molecule is CC(=O)OCC(=O)N1CCN(CCCc2c(C=O)[nH]c3c2CCCC3)CC1. The van der Waals surface area contributed by atoms with Gasteiger partial charge in [-0.3, -0.25) is 19.3 Å². The van der Waals surface area contributed by atoms with Crippen molar-refractivity contribution in [2.75, 3.05) is 39.3 Å². The number of ether oxygens (including phenoxy) is 1. The van der Waals surface area contributed by atoms with Gasteiger partial charge in [0, 0.05) is 38.8 Å². The monoisotopic (exact) mass is 375 g/mol. The zero-order chi connectivity index (χ0) is 19.2. The predicted molar refractivity (Wildman–Crippen MR) is 101 cm³/mol. The zero-order valence-electron chi connectivity index (χ0n) is 16.1. The molecule has 0 radical (unpaired) electrons. The average Bonchev–Trinajstić information content (AvgIpc) is 3.04. The minimum absolute atomic E-state index is 0.126. The van der Waals surface area contributed by atoms with Crippen molar-refractivity contribution in [3.63, 3.8) is 0 Å². The Kier molecular flexibility index (Phi) is 6.66. The number of aromatic amines is 1. The number of piperazine rings is 1. The number of aldehydes is 1. The van der Waals surface area contributed by atoms with Crippen molar-refractivity contribution in [3.8, 4) is 0 Å². The van der Waals surface area contributed by atoms with Gasteiger partial charge < -0.3 is 14.6 Å². The molecular weight excluding hydrogens is 346 g/mol. The highest BCUT2D eigenvalue weighted by molar-refractivity contribution is 5.80. The third-order valence-electron chi connectivity index (χ3n) is 5.59. The second kappa shape index (κ2) is 9.17. The van der Waals surface area contributed by atoms with Crippen LogP contribution in [-0.2, 0) is 33.6 Å². The summed E-state index contributed by atoms with van der Waals surface area (Å²) in [6.45, 7) is 5.10. The number of hydrogen-bond acceptors (Lipinski definition) is 5. The Morgan fingerprint density at radius 3 is 2.59 bits per heavy atom. The fraction of sp³-hybridized carbons (Fsp3) is 0.650. The summed E-state index contributed by atoms with van der Waals surface area (Å²) < 4.78 is 4.78. The molecule has 0 saturated carbocycles. The van der Waals surface area contributed by atoms with Crippen molar-refractivity contribution in [1.29, 1.82) is 0 Å². The van der Waals surface area contributed by atoms with Crippen LogP contribution in [0.4, 0.5) is 0 Å². The lowest BCUT2D eigenvalue weighted by Gasteiger charge is -2.34. The van der Waals surface area contributed by atoms with Crippen LogP contribution in [0.2, 0.25) is 0 Å². The molecule has 27 heavy (non-hydrogen) atoms. The van der Waals surface area contributed by atoms with Crippen LogP contribution in [0.5, 0.6) is 0 Å².